The highest BCUT2D eigenvalue weighted by Gasteiger charge is 2.62. The molecule has 1 aliphatic rings. The van der Waals surface area contributed by atoms with Gasteiger partial charge in [-0.1, -0.05) is 29.5 Å². The lowest BCUT2D eigenvalue weighted by molar-refractivity contribution is -0.168. The fraction of sp³-hybridized carbons (Fsp3) is 0.292. The lowest BCUT2D eigenvalue weighted by atomic mass is 10.1. The number of benzene rings is 2. The fourth-order valence-electron chi connectivity index (χ4n) is 4.04. The van der Waals surface area contributed by atoms with Gasteiger partial charge in [0.1, 0.15) is 29.4 Å². The Hall–Kier alpha value is -3.59. The largest absolute Gasteiger partial charge is 0.406 e. The van der Waals surface area contributed by atoms with E-state index in [1.165, 1.54) is 10.5 Å². The van der Waals surface area contributed by atoms with Gasteiger partial charge in [0, 0.05) is 11.3 Å². The Morgan fingerprint density at radius 1 is 1.08 bits per heavy atom. The maximum Gasteiger partial charge on any atom is 0.406 e. The van der Waals surface area contributed by atoms with E-state index in [2.05, 4.69) is 27.0 Å². The lowest BCUT2D eigenvalue weighted by Crippen LogP contribution is -2.31. The minimum Gasteiger partial charge on any atom is -0.316 e. The number of nitrogens with zero attached hydrogens (tertiary/aromatic N) is 5. The molecule has 37 heavy (non-hydrogen) atoms. The van der Waals surface area contributed by atoms with Gasteiger partial charge in [-0.2, -0.15) is 31.3 Å². The number of rotatable bonds is 3. The molecule has 4 aromatic rings. The minimum absolute atomic E-state index is 0.0216. The highest BCUT2D eigenvalue weighted by atomic mass is 35.5. The number of hydrogen-bond acceptors (Lipinski definition) is 4. The van der Waals surface area contributed by atoms with Gasteiger partial charge in [0.05, 0.1) is 15.9 Å². The van der Waals surface area contributed by atoms with Gasteiger partial charge in [-0.25, -0.2) is 4.39 Å². The molecule has 0 unspecified atom stereocenters. The third-order valence-corrected chi connectivity index (χ3v) is 6.31. The van der Waals surface area contributed by atoms with Gasteiger partial charge >= 0.3 is 12.4 Å². The van der Waals surface area contributed by atoms with Crippen molar-refractivity contribution in [1.29, 1.82) is 0 Å². The van der Waals surface area contributed by atoms with Crippen LogP contribution >= 0.6 is 11.6 Å². The van der Waals surface area contributed by atoms with Crippen molar-refractivity contribution in [3.05, 3.63) is 58.6 Å². The fourth-order valence-corrected chi connectivity index (χ4v) is 4.29. The van der Waals surface area contributed by atoms with Gasteiger partial charge in [0.25, 0.3) is 5.78 Å². The predicted octanol–water partition coefficient (Wildman–Crippen LogP) is 6.77. The van der Waals surface area contributed by atoms with Crippen molar-refractivity contribution in [2.45, 2.75) is 32.1 Å². The molecule has 2 aromatic heterocycles. The van der Waals surface area contributed by atoms with Gasteiger partial charge < -0.3 is 4.90 Å². The number of fused-ring (bicyclic) bond motifs is 3. The molecular formula is C24H15ClF7N5. The van der Waals surface area contributed by atoms with E-state index >= 15 is 0 Å². The molecule has 192 valence electrons. The average Bonchev–Trinajstić information content (AvgIpc) is 3.51. The van der Waals surface area contributed by atoms with Crippen LogP contribution in [0.5, 0.6) is 0 Å². The third-order valence-electron chi connectivity index (χ3n) is 6.00. The Balaban J connectivity index is 1.72. The van der Waals surface area contributed by atoms with E-state index in [9.17, 15) is 30.7 Å². The van der Waals surface area contributed by atoms with E-state index in [0.29, 0.717) is 16.2 Å². The number of halogens is 8. The van der Waals surface area contributed by atoms with Gasteiger partial charge in [-0.3, -0.25) is 4.40 Å². The van der Waals surface area contributed by atoms with E-state index < -0.39 is 30.1 Å². The molecule has 5 rings (SSSR count). The van der Waals surface area contributed by atoms with E-state index in [0.717, 1.165) is 18.2 Å². The molecule has 0 saturated heterocycles. The summed E-state index contributed by atoms with van der Waals surface area (Å²) in [4.78, 5) is 4.94. The van der Waals surface area contributed by atoms with Gasteiger partial charge in [0.2, 0.25) is 0 Å². The van der Waals surface area contributed by atoms with Gasteiger partial charge in [-0.05, 0) is 50.1 Å². The van der Waals surface area contributed by atoms with Crippen molar-refractivity contribution in [3.63, 3.8) is 0 Å². The van der Waals surface area contributed by atoms with Crippen LogP contribution in [0.1, 0.15) is 24.2 Å². The van der Waals surface area contributed by atoms with E-state index in [4.69, 9.17) is 11.6 Å². The summed E-state index contributed by atoms with van der Waals surface area (Å²) in [5, 5.41) is 8.01. The zero-order chi connectivity index (χ0) is 26.8. The second-order valence-electron chi connectivity index (χ2n) is 8.68. The molecule has 13 heteroatoms. The molecule has 0 radical (unpaired) electrons. The van der Waals surface area contributed by atoms with E-state index in [1.54, 1.807) is 19.1 Å². The van der Waals surface area contributed by atoms with Crippen LogP contribution < -0.4 is 4.90 Å². The molecule has 0 aliphatic heterocycles. The van der Waals surface area contributed by atoms with Crippen molar-refractivity contribution in [1.82, 2.24) is 19.6 Å². The first-order valence-electron chi connectivity index (χ1n) is 10.8. The van der Waals surface area contributed by atoms with Crippen molar-refractivity contribution >= 4 is 39.8 Å². The number of aryl methyl sites for hydroxylation is 1. The van der Waals surface area contributed by atoms with Crippen LogP contribution in [0, 0.1) is 30.0 Å². The molecule has 0 N–H and O–H groups in total. The van der Waals surface area contributed by atoms with Crippen LogP contribution in [0.2, 0.25) is 5.02 Å². The first-order chi connectivity index (χ1) is 17.3. The smallest absolute Gasteiger partial charge is 0.316 e. The molecule has 0 amide bonds. The molecule has 1 aliphatic carbocycles. The number of alkyl halides is 6. The van der Waals surface area contributed by atoms with Crippen molar-refractivity contribution < 1.29 is 30.7 Å². The maximum absolute atomic E-state index is 14.6. The molecule has 0 bridgehead atoms. The van der Waals surface area contributed by atoms with Gasteiger partial charge in [-0.15, -0.1) is 10.2 Å². The van der Waals surface area contributed by atoms with E-state index in [1.807, 2.05) is 0 Å². The summed E-state index contributed by atoms with van der Waals surface area (Å²) in [5.41, 5.74) is -2.37. The number of anilines is 2. The zero-order valence-corrected chi connectivity index (χ0v) is 19.6. The lowest BCUT2D eigenvalue weighted by Gasteiger charge is -2.27. The topological polar surface area (TPSA) is 46.3 Å². The molecule has 1 fully saturated rings. The molecule has 0 atom stereocenters. The first kappa shape index (κ1) is 25.1. The summed E-state index contributed by atoms with van der Waals surface area (Å²) in [6, 6.07) is 7.40. The summed E-state index contributed by atoms with van der Waals surface area (Å²) in [6.45, 7) is 0.0205. The summed E-state index contributed by atoms with van der Waals surface area (Å²) in [7, 11) is 0. The van der Waals surface area contributed by atoms with E-state index in [-0.39, 0.29) is 46.1 Å². The summed E-state index contributed by atoms with van der Waals surface area (Å²) < 4.78 is 97.2. The summed E-state index contributed by atoms with van der Waals surface area (Å²) in [6.07, 6.45) is -9.74. The number of hydrogen-bond donors (Lipinski definition) is 0. The SMILES string of the molecule is Cc1nnc2nc(N(CC(F)(F)F)c3cc(F)cc(C#CC4(C(F)(F)F)CC4)c3)c3c(Cl)cccc3n12. The Morgan fingerprint density at radius 2 is 1.81 bits per heavy atom. The van der Waals surface area contributed by atoms with Crippen LogP contribution in [-0.2, 0) is 0 Å². The highest BCUT2D eigenvalue weighted by molar-refractivity contribution is 6.36. The van der Waals surface area contributed by atoms with Crippen LogP contribution in [0.3, 0.4) is 0 Å². The zero-order valence-electron chi connectivity index (χ0n) is 18.8. The van der Waals surface area contributed by atoms with Crippen LogP contribution in [0.25, 0.3) is 16.7 Å². The predicted molar refractivity (Wildman–Crippen MR) is 122 cm³/mol. The Morgan fingerprint density at radius 3 is 2.46 bits per heavy atom. The molecule has 0 spiro atoms. The molecule has 5 nitrogen and oxygen atoms in total. The Labute approximate surface area is 209 Å². The van der Waals surface area contributed by atoms with Crippen molar-refractivity contribution in [3.8, 4) is 11.8 Å². The molecule has 1 saturated carbocycles. The molecular weight excluding hydrogens is 527 g/mol. The second-order valence-corrected chi connectivity index (χ2v) is 9.09. The average molecular weight is 542 g/mol. The monoisotopic (exact) mass is 541 g/mol. The second kappa shape index (κ2) is 8.48. The normalized spacial score (nSPS) is 15.1. The van der Waals surface area contributed by atoms with Crippen molar-refractivity contribution in [2.24, 2.45) is 5.41 Å². The van der Waals surface area contributed by atoms with Gasteiger partial charge in [0.15, 0.2) is 0 Å². The molecule has 2 heterocycles. The summed E-state index contributed by atoms with van der Waals surface area (Å²) >= 11 is 6.39. The highest BCUT2D eigenvalue weighted by Crippen LogP contribution is 2.57. The minimum atomic E-state index is -4.78. The Bertz CT molecular complexity index is 1590. The van der Waals surface area contributed by atoms with Crippen LogP contribution in [0.15, 0.2) is 36.4 Å². The maximum atomic E-state index is 14.6. The third kappa shape index (κ3) is 4.64. The summed E-state index contributed by atoms with van der Waals surface area (Å²) in [5.74, 6) is 3.55. The molecule has 2 aromatic carbocycles. The quantitative estimate of drug-likeness (QED) is 0.212. The first-order valence-corrected chi connectivity index (χ1v) is 11.2. The number of aromatic nitrogens is 4. The van der Waals surface area contributed by atoms with Crippen LogP contribution in [0.4, 0.5) is 42.2 Å². The Kier molecular flexibility index (Phi) is 5.75. The standard InChI is InChI=1S/C24H15ClF7N5/c1-13-34-35-21-33-20(19-17(25)3-2-4-18(19)37(13)21)36(12-23(27,28)29)16-10-14(9-15(26)11-16)5-6-22(7-8-22)24(30,31)32/h2-4,9-11H,7-8,12H2,1H3. The van der Waals surface area contributed by atoms with Crippen LogP contribution in [-0.4, -0.2) is 38.5 Å². The van der Waals surface area contributed by atoms with Crippen molar-refractivity contribution in [2.75, 3.05) is 11.4 Å².